The minimum Gasteiger partial charge on any atom is -0.478 e. The van der Waals surface area contributed by atoms with Gasteiger partial charge in [0, 0.05) is 5.02 Å². The largest absolute Gasteiger partial charge is 0.478 e. The standard InChI is InChI=1S/C38H29ClFN3O8/c39-21-6-4-20(5-7-21)38-29(34(46)43(37(38)50)41-23-10-8-22(40)9-11-23)17-28-26(32(38)30-15-12-25(18-44)51-30)13-14-27-31(28)35(47)42(33(27)45)24-3-1-2-19(16-24)36(48)49/h1-13,15-16,27-29,31-32,41,44H,14,17-18H2,(H,48,49). The lowest BCUT2D eigenvalue weighted by molar-refractivity contribution is -0.138. The number of nitrogens with zero attached hydrogens (tertiary/aromatic N) is 2. The summed E-state index contributed by atoms with van der Waals surface area (Å²) in [6.07, 6.45) is 2.00. The molecule has 3 heterocycles. The van der Waals surface area contributed by atoms with E-state index in [1.54, 1.807) is 36.4 Å². The molecule has 1 saturated carbocycles. The highest BCUT2D eigenvalue weighted by Crippen LogP contribution is 2.64. The van der Waals surface area contributed by atoms with Gasteiger partial charge >= 0.3 is 5.97 Å². The van der Waals surface area contributed by atoms with E-state index < -0.39 is 77.0 Å². The van der Waals surface area contributed by atoms with Crippen molar-refractivity contribution in [3.05, 3.63) is 130 Å². The minimum atomic E-state index is -1.63. The van der Waals surface area contributed by atoms with E-state index in [0.29, 0.717) is 16.2 Å². The molecule has 0 radical (unpaired) electrons. The van der Waals surface area contributed by atoms with Gasteiger partial charge in [0.15, 0.2) is 0 Å². The van der Waals surface area contributed by atoms with E-state index in [1.165, 1.54) is 48.5 Å². The predicted octanol–water partition coefficient (Wildman–Crippen LogP) is 5.45. The SMILES string of the molecule is O=C(O)c1cccc(N2C(=O)C3CC=C4C(CC5C(=O)N(Nc6ccc(F)cc6)C(=O)C5(c5ccc(Cl)cc5)C4c4ccc(CO)o4)C3C2=O)c1. The number of nitrogens with one attached hydrogen (secondary N) is 1. The molecule has 0 spiro atoms. The van der Waals surface area contributed by atoms with Gasteiger partial charge in [-0.2, -0.15) is 5.01 Å². The van der Waals surface area contributed by atoms with Crippen molar-refractivity contribution in [1.29, 1.82) is 0 Å². The average Bonchev–Trinajstić information content (AvgIpc) is 3.77. The van der Waals surface area contributed by atoms with Crippen molar-refractivity contribution in [2.45, 2.75) is 30.8 Å². The summed E-state index contributed by atoms with van der Waals surface area (Å²) in [4.78, 5) is 70.8. The number of amides is 4. The summed E-state index contributed by atoms with van der Waals surface area (Å²) in [5.41, 5.74) is 2.67. The number of carbonyl (C=O) groups is 5. The van der Waals surface area contributed by atoms with Gasteiger partial charge in [-0.3, -0.25) is 29.5 Å². The number of anilines is 2. The zero-order chi connectivity index (χ0) is 35.8. The molecule has 6 atom stereocenters. The first-order valence-electron chi connectivity index (χ1n) is 16.3. The fraction of sp³-hybridized carbons (Fsp3) is 0.237. The first kappa shape index (κ1) is 32.6. The van der Waals surface area contributed by atoms with Crippen LogP contribution < -0.4 is 10.3 Å². The number of carboxylic acid groups (broad SMARTS) is 1. The van der Waals surface area contributed by atoms with Gasteiger partial charge in [0.05, 0.1) is 40.6 Å². The van der Waals surface area contributed by atoms with Crippen LogP contribution in [0.2, 0.25) is 5.02 Å². The van der Waals surface area contributed by atoms with Crippen LogP contribution in [-0.4, -0.2) is 44.8 Å². The van der Waals surface area contributed by atoms with Gasteiger partial charge < -0.3 is 14.6 Å². The second-order valence-corrected chi connectivity index (χ2v) is 13.6. The maximum Gasteiger partial charge on any atom is 0.335 e. The Labute approximate surface area is 294 Å². The molecule has 8 rings (SSSR count). The smallest absolute Gasteiger partial charge is 0.335 e. The number of aliphatic hydroxyl groups excluding tert-OH is 1. The first-order chi connectivity index (χ1) is 24.5. The molecule has 4 amide bonds. The van der Waals surface area contributed by atoms with E-state index in [9.17, 15) is 33.8 Å². The number of carboxylic acids is 1. The van der Waals surface area contributed by atoms with E-state index >= 15 is 4.79 Å². The first-order valence-corrected chi connectivity index (χ1v) is 16.7. The summed E-state index contributed by atoms with van der Waals surface area (Å²) in [5, 5.41) is 20.9. The molecule has 4 aromatic rings. The van der Waals surface area contributed by atoms with Crippen molar-refractivity contribution in [3.63, 3.8) is 0 Å². The van der Waals surface area contributed by atoms with Gasteiger partial charge in [0.1, 0.15) is 29.4 Å². The van der Waals surface area contributed by atoms with Crippen LogP contribution in [0.4, 0.5) is 15.8 Å². The Morgan fingerprint density at radius 1 is 0.941 bits per heavy atom. The normalized spacial score (nSPS) is 26.9. The highest BCUT2D eigenvalue weighted by atomic mass is 35.5. The van der Waals surface area contributed by atoms with Crippen molar-refractivity contribution in [2.24, 2.45) is 23.7 Å². The van der Waals surface area contributed by atoms with Crippen molar-refractivity contribution in [3.8, 4) is 0 Å². The van der Waals surface area contributed by atoms with Crippen molar-refractivity contribution >= 4 is 52.6 Å². The van der Waals surface area contributed by atoms with Crippen LogP contribution in [0.15, 0.2) is 101 Å². The number of fused-ring (bicyclic) bond motifs is 4. The summed E-state index contributed by atoms with van der Waals surface area (Å²) >= 11 is 6.30. The van der Waals surface area contributed by atoms with E-state index in [0.717, 1.165) is 9.91 Å². The number of hydrazine groups is 1. The lowest BCUT2D eigenvalue weighted by atomic mass is 9.50. The molecule has 258 valence electrons. The number of hydrogen-bond donors (Lipinski definition) is 3. The lowest BCUT2D eigenvalue weighted by Crippen LogP contribution is -2.53. The fourth-order valence-electron chi connectivity index (χ4n) is 8.63. The van der Waals surface area contributed by atoms with Crippen LogP contribution in [0.1, 0.15) is 46.2 Å². The molecule has 2 aliphatic carbocycles. The third kappa shape index (κ3) is 4.84. The van der Waals surface area contributed by atoms with Gasteiger partial charge in [-0.25, -0.2) is 9.18 Å². The topological polar surface area (TPSA) is 157 Å². The van der Waals surface area contributed by atoms with Crippen LogP contribution in [0, 0.1) is 29.5 Å². The molecule has 2 aliphatic heterocycles. The van der Waals surface area contributed by atoms with Gasteiger partial charge in [0.2, 0.25) is 11.8 Å². The molecule has 4 aliphatic rings. The maximum absolute atomic E-state index is 15.1. The molecule has 3 N–H and O–H groups in total. The number of benzene rings is 3. The number of allylic oxidation sites excluding steroid dienone is 2. The van der Waals surface area contributed by atoms with E-state index in [-0.39, 0.29) is 41.3 Å². The Kier molecular flexibility index (Phi) is 7.69. The highest BCUT2D eigenvalue weighted by molar-refractivity contribution is 6.30. The molecule has 3 fully saturated rings. The zero-order valence-corrected chi connectivity index (χ0v) is 27.4. The van der Waals surface area contributed by atoms with Crippen molar-refractivity contribution in [2.75, 3.05) is 10.3 Å². The van der Waals surface area contributed by atoms with E-state index in [2.05, 4.69) is 5.43 Å². The molecular formula is C38H29ClFN3O8. The zero-order valence-electron chi connectivity index (χ0n) is 26.7. The number of halogens is 2. The number of rotatable bonds is 7. The Morgan fingerprint density at radius 2 is 1.69 bits per heavy atom. The Morgan fingerprint density at radius 3 is 2.37 bits per heavy atom. The maximum atomic E-state index is 15.1. The Hall–Kier alpha value is -5.59. The number of imide groups is 2. The summed E-state index contributed by atoms with van der Waals surface area (Å²) in [6.45, 7) is -0.431. The summed E-state index contributed by atoms with van der Waals surface area (Å²) in [7, 11) is 0. The lowest BCUT2D eigenvalue weighted by Gasteiger charge is -2.49. The van der Waals surface area contributed by atoms with Gasteiger partial charge in [0.25, 0.3) is 11.8 Å². The molecule has 1 aromatic heterocycles. The quantitative estimate of drug-likeness (QED) is 0.168. The molecule has 51 heavy (non-hydrogen) atoms. The molecule has 13 heteroatoms. The predicted molar refractivity (Wildman–Crippen MR) is 180 cm³/mol. The van der Waals surface area contributed by atoms with Crippen LogP contribution in [0.3, 0.4) is 0 Å². The van der Waals surface area contributed by atoms with E-state index in [1.807, 2.05) is 6.08 Å². The Balaban J connectivity index is 1.30. The van der Waals surface area contributed by atoms with Crippen LogP contribution in [-0.2, 0) is 31.2 Å². The highest BCUT2D eigenvalue weighted by Gasteiger charge is 2.71. The third-order valence-electron chi connectivity index (χ3n) is 10.7. The van der Waals surface area contributed by atoms with Crippen molar-refractivity contribution in [1.82, 2.24) is 5.01 Å². The summed E-state index contributed by atoms with van der Waals surface area (Å²) < 4.78 is 20.0. The van der Waals surface area contributed by atoms with Gasteiger partial charge in [-0.05, 0) is 91.1 Å². The summed E-state index contributed by atoms with van der Waals surface area (Å²) in [5.74, 6) is -7.91. The second kappa shape index (κ2) is 12.0. The molecule has 0 bridgehead atoms. The molecular weight excluding hydrogens is 681 g/mol. The molecule has 6 unspecified atom stereocenters. The number of furan rings is 1. The number of aromatic carboxylic acids is 1. The monoisotopic (exact) mass is 709 g/mol. The third-order valence-corrected chi connectivity index (χ3v) is 11.0. The summed E-state index contributed by atoms with van der Waals surface area (Å²) in [6, 6.07) is 20.6. The molecule has 11 nitrogen and oxygen atoms in total. The number of aliphatic hydroxyl groups is 1. The minimum absolute atomic E-state index is 0.00783. The molecule has 3 aromatic carbocycles. The average molecular weight is 710 g/mol. The number of carbonyl (C=O) groups excluding carboxylic acids is 4. The fourth-order valence-corrected chi connectivity index (χ4v) is 8.76. The number of hydrogen-bond acceptors (Lipinski definition) is 8. The van der Waals surface area contributed by atoms with Crippen LogP contribution >= 0.6 is 11.6 Å². The Bertz CT molecular complexity index is 2170. The second-order valence-electron chi connectivity index (χ2n) is 13.2. The van der Waals surface area contributed by atoms with Crippen LogP contribution in [0.5, 0.6) is 0 Å². The van der Waals surface area contributed by atoms with Gasteiger partial charge in [-0.1, -0.05) is 41.4 Å². The van der Waals surface area contributed by atoms with Gasteiger partial charge in [-0.15, -0.1) is 0 Å². The molecule has 2 saturated heterocycles. The van der Waals surface area contributed by atoms with Crippen molar-refractivity contribution < 1.29 is 43.0 Å². The van der Waals surface area contributed by atoms with Crippen LogP contribution in [0.25, 0.3) is 0 Å². The van der Waals surface area contributed by atoms with E-state index in [4.69, 9.17) is 16.0 Å².